The molecule has 5 nitrogen and oxygen atoms in total. The van der Waals surface area contributed by atoms with Crippen LogP contribution in [0.4, 0.5) is 5.13 Å². The Morgan fingerprint density at radius 2 is 2.07 bits per heavy atom. The average molecular weight is 228 g/mol. The molecule has 1 aromatic heterocycles. The number of rotatable bonds is 2. The number of carbonyl (C=O) groups is 1. The zero-order valence-corrected chi connectivity index (χ0v) is 10.2. The Morgan fingerprint density at radius 3 is 2.47 bits per heavy atom. The first-order chi connectivity index (χ1) is 6.80. The summed E-state index contributed by atoms with van der Waals surface area (Å²) in [4.78, 5) is 11.3. The number of amides is 1. The molecule has 0 saturated heterocycles. The summed E-state index contributed by atoms with van der Waals surface area (Å²) < 4.78 is 0. The van der Waals surface area contributed by atoms with Crippen LogP contribution < -0.4 is 11.1 Å². The largest absolute Gasteiger partial charge is 0.320 e. The average Bonchev–Trinajstić information content (AvgIpc) is 2.51. The van der Waals surface area contributed by atoms with Crippen LogP contribution in [-0.2, 0) is 10.2 Å². The first-order valence-electron chi connectivity index (χ1n) is 4.71. The maximum Gasteiger partial charge on any atom is 0.242 e. The van der Waals surface area contributed by atoms with Gasteiger partial charge in [0.15, 0.2) is 0 Å². The molecule has 0 aliphatic carbocycles. The van der Waals surface area contributed by atoms with Crippen LogP contribution in [0.2, 0.25) is 0 Å². The van der Waals surface area contributed by atoms with Crippen molar-refractivity contribution in [3.63, 3.8) is 0 Å². The molecular weight excluding hydrogens is 212 g/mol. The third-order valence-corrected chi connectivity index (χ3v) is 2.97. The minimum absolute atomic E-state index is 0.0467. The molecule has 1 amide bonds. The Hall–Kier alpha value is -1.01. The third kappa shape index (κ3) is 3.24. The Balaban J connectivity index is 2.73. The first-order valence-corrected chi connectivity index (χ1v) is 5.53. The Morgan fingerprint density at radius 1 is 1.47 bits per heavy atom. The highest BCUT2D eigenvalue weighted by molar-refractivity contribution is 7.15. The second-order valence-corrected chi connectivity index (χ2v) is 5.42. The van der Waals surface area contributed by atoms with Crippen LogP contribution in [0.15, 0.2) is 0 Å². The lowest BCUT2D eigenvalue weighted by Crippen LogP contribution is -2.32. The number of anilines is 1. The molecule has 1 aromatic rings. The van der Waals surface area contributed by atoms with Crippen molar-refractivity contribution >= 4 is 22.4 Å². The van der Waals surface area contributed by atoms with Crippen molar-refractivity contribution in [3.05, 3.63) is 5.01 Å². The van der Waals surface area contributed by atoms with Crippen LogP contribution in [0.1, 0.15) is 32.7 Å². The molecule has 84 valence electrons. The highest BCUT2D eigenvalue weighted by atomic mass is 32.1. The molecular formula is C9H16N4OS. The van der Waals surface area contributed by atoms with Crippen molar-refractivity contribution in [1.29, 1.82) is 0 Å². The fraction of sp³-hybridized carbons (Fsp3) is 0.667. The van der Waals surface area contributed by atoms with Gasteiger partial charge in [-0.15, -0.1) is 10.2 Å². The van der Waals surface area contributed by atoms with Gasteiger partial charge in [0.2, 0.25) is 11.0 Å². The molecule has 1 rings (SSSR count). The second kappa shape index (κ2) is 4.24. The van der Waals surface area contributed by atoms with Crippen molar-refractivity contribution in [1.82, 2.24) is 10.2 Å². The SMILES string of the molecule is CC(N)C(=O)Nc1nnc(C(C)(C)C)s1. The molecule has 0 aromatic carbocycles. The molecule has 1 heterocycles. The van der Waals surface area contributed by atoms with Crippen LogP contribution in [0.3, 0.4) is 0 Å². The predicted molar refractivity (Wildman–Crippen MR) is 60.9 cm³/mol. The van der Waals surface area contributed by atoms with Crippen molar-refractivity contribution in [3.8, 4) is 0 Å². The summed E-state index contributed by atoms with van der Waals surface area (Å²) in [6.45, 7) is 7.76. The van der Waals surface area contributed by atoms with Gasteiger partial charge in [0.05, 0.1) is 6.04 Å². The lowest BCUT2D eigenvalue weighted by atomic mass is 9.98. The number of hydrogen-bond donors (Lipinski definition) is 2. The molecule has 0 aliphatic rings. The van der Waals surface area contributed by atoms with Gasteiger partial charge in [-0.1, -0.05) is 32.1 Å². The Labute approximate surface area is 93.1 Å². The number of aromatic nitrogens is 2. The maximum absolute atomic E-state index is 11.3. The van der Waals surface area contributed by atoms with Crippen LogP contribution in [0.5, 0.6) is 0 Å². The molecule has 0 spiro atoms. The normalized spacial score (nSPS) is 13.7. The predicted octanol–water partition coefficient (Wildman–Crippen LogP) is 1.12. The Bertz CT molecular complexity index is 353. The summed E-state index contributed by atoms with van der Waals surface area (Å²) in [6, 6.07) is -0.535. The van der Waals surface area contributed by atoms with Gasteiger partial charge in [-0.2, -0.15) is 0 Å². The number of carbonyl (C=O) groups excluding carboxylic acids is 1. The molecule has 3 N–H and O–H groups in total. The summed E-state index contributed by atoms with van der Waals surface area (Å²) >= 11 is 1.38. The number of nitrogens with zero attached hydrogens (tertiary/aromatic N) is 2. The van der Waals surface area contributed by atoms with E-state index in [0.29, 0.717) is 5.13 Å². The van der Waals surface area contributed by atoms with E-state index in [9.17, 15) is 4.79 Å². The molecule has 1 atom stereocenters. The van der Waals surface area contributed by atoms with E-state index >= 15 is 0 Å². The van der Waals surface area contributed by atoms with Crippen LogP contribution in [-0.4, -0.2) is 22.1 Å². The van der Waals surface area contributed by atoms with E-state index in [2.05, 4.69) is 15.5 Å². The van der Waals surface area contributed by atoms with E-state index in [4.69, 9.17) is 5.73 Å². The topological polar surface area (TPSA) is 80.9 Å². The maximum atomic E-state index is 11.3. The minimum Gasteiger partial charge on any atom is -0.320 e. The van der Waals surface area contributed by atoms with Crippen molar-refractivity contribution in [2.45, 2.75) is 39.2 Å². The molecule has 0 radical (unpaired) electrons. The van der Waals surface area contributed by atoms with Crippen molar-refractivity contribution < 1.29 is 4.79 Å². The lowest BCUT2D eigenvalue weighted by Gasteiger charge is -2.12. The smallest absolute Gasteiger partial charge is 0.242 e. The van der Waals surface area contributed by atoms with Gasteiger partial charge in [0.25, 0.3) is 0 Å². The van der Waals surface area contributed by atoms with E-state index in [1.807, 2.05) is 20.8 Å². The summed E-state index contributed by atoms with van der Waals surface area (Å²) in [5.41, 5.74) is 5.37. The first kappa shape index (κ1) is 12.1. The fourth-order valence-electron chi connectivity index (χ4n) is 0.796. The molecule has 1 unspecified atom stereocenters. The lowest BCUT2D eigenvalue weighted by molar-refractivity contribution is -0.117. The van der Waals surface area contributed by atoms with Gasteiger partial charge in [-0.25, -0.2) is 0 Å². The van der Waals surface area contributed by atoms with Crippen LogP contribution in [0, 0.1) is 0 Å². The standard InChI is InChI=1S/C9H16N4OS/c1-5(10)6(14)11-8-13-12-7(15-8)9(2,3)4/h5H,10H2,1-4H3,(H,11,13,14). The van der Waals surface area contributed by atoms with Crippen LogP contribution in [0.25, 0.3) is 0 Å². The Kier molecular flexibility index (Phi) is 3.41. The molecule has 0 fully saturated rings. The molecule has 15 heavy (non-hydrogen) atoms. The van der Waals surface area contributed by atoms with E-state index in [1.54, 1.807) is 6.92 Å². The zero-order chi connectivity index (χ0) is 11.6. The van der Waals surface area contributed by atoms with Gasteiger partial charge >= 0.3 is 0 Å². The molecule has 0 saturated carbocycles. The summed E-state index contributed by atoms with van der Waals surface area (Å²) in [5, 5.41) is 11.9. The number of nitrogens with one attached hydrogen (secondary N) is 1. The molecule has 6 heteroatoms. The van der Waals surface area contributed by atoms with Gasteiger partial charge < -0.3 is 5.73 Å². The molecule has 0 bridgehead atoms. The number of hydrogen-bond acceptors (Lipinski definition) is 5. The van der Waals surface area contributed by atoms with E-state index in [1.165, 1.54) is 11.3 Å². The monoisotopic (exact) mass is 228 g/mol. The summed E-state index contributed by atoms with van der Waals surface area (Å²) in [6.07, 6.45) is 0. The molecule has 0 aliphatic heterocycles. The van der Waals surface area contributed by atoms with Gasteiger partial charge in [0, 0.05) is 5.41 Å². The van der Waals surface area contributed by atoms with E-state index in [-0.39, 0.29) is 11.3 Å². The van der Waals surface area contributed by atoms with Crippen LogP contribution >= 0.6 is 11.3 Å². The summed E-state index contributed by atoms with van der Waals surface area (Å²) in [5.74, 6) is -0.244. The minimum atomic E-state index is -0.535. The second-order valence-electron chi connectivity index (χ2n) is 4.44. The van der Waals surface area contributed by atoms with Crippen molar-refractivity contribution in [2.75, 3.05) is 5.32 Å². The van der Waals surface area contributed by atoms with E-state index < -0.39 is 6.04 Å². The quantitative estimate of drug-likeness (QED) is 0.795. The summed E-state index contributed by atoms with van der Waals surface area (Å²) in [7, 11) is 0. The van der Waals surface area contributed by atoms with Gasteiger partial charge in [-0.05, 0) is 6.92 Å². The van der Waals surface area contributed by atoms with Gasteiger partial charge in [-0.3, -0.25) is 10.1 Å². The third-order valence-electron chi connectivity index (χ3n) is 1.71. The zero-order valence-electron chi connectivity index (χ0n) is 9.37. The highest BCUT2D eigenvalue weighted by Gasteiger charge is 2.20. The van der Waals surface area contributed by atoms with Gasteiger partial charge in [0.1, 0.15) is 5.01 Å². The number of nitrogens with two attached hydrogens (primary N) is 1. The van der Waals surface area contributed by atoms with E-state index in [0.717, 1.165) is 5.01 Å². The van der Waals surface area contributed by atoms with Crippen molar-refractivity contribution in [2.24, 2.45) is 5.73 Å². The highest BCUT2D eigenvalue weighted by Crippen LogP contribution is 2.27. The fourth-order valence-corrected chi connectivity index (χ4v) is 1.60.